The van der Waals surface area contributed by atoms with Crippen LogP contribution in [-0.2, 0) is 19.1 Å². The van der Waals surface area contributed by atoms with Gasteiger partial charge in [0, 0.05) is 23.7 Å². The van der Waals surface area contributed by atoms with Gasteiger partial charge in [-0.25, -0.2) is 0 Å². The average molecular weight is 421 g/mol. The highest BCUT2D eigenvalue weighted by molar-refractivity contribution is 6.33. The number of amides is 2. The second kappa shape index (κ2) is 8.63. The number of nitrogens with zero attached hydrogens (tertiary/aromatic N) is 1. The molecule has 1 saturated heterocycles. The van der Waals surface area contributed by atoms with Crippen LogP contribution in [0.5, 0.6) is 0 Å². The minimum atomic E-state index is -0.640. The maximum atomic E-state index is 12.4. The zero-order chi connectivity index (χ0) is 20.3. The van der Waals surface area contributed by atoms with Crippen molar-refractivity contribution < 1.29 is 19.1 Å². The van der Waals surface area contributed by atoms with E-state index in [1.165, 1.54) is 4.90 Å². The monoisotopic (exact) mass is 420 g/mol. The van der Waals surface area contributed by atoms with Crippen molar-refractivity contribution in [2.75, 3.05) is 23.4 Å². The third-order valence-corrected chi connectivity index (χ3v) is 5.22. The van der Waals surface area contributed by atoms with Crippen LogP contribution in [0.2, 0.25) is 10.0 Å². The van der Waals surface area contributed by atoms with Crippen molar-refractivity contribution in [2.45, 2.75) is 13.3 Å². The van der Waals surface area contributed by atoms with E-state index in [9.17, 15) is 14.4 Å². The van der Waals surface area contributed by atoms with Crippen molar-refractivity contribution in [3.05, 3.63) is 58.1 Å². The smallest absolute Gasteiger partial charge is 0.311 e. The summed E-state index contributed by atoms with van der Waals surface area (Å²) < 4.78 is 5.09. The van der Waals surface area contributed by atoms with Gasteiger partial charge in [0.2, 0.25) is 5.91 Å². The zero-order valence-electron chi connectivity index (χ0n) is 15.1. The molecule has 1 aliphatic heterocycles. The van der Waals surface area contributed by atoms with E-state index < -0.39 is 24.4 Å². The minimum absolute atomic E-state index is 0.0247. The zero-order valence-corrected chi connectivity index (χ0v) is 16.6. The summed E-state index contributed by atoms with van der Waals surface area (Å²) in [6.45, 7) is 1.55. The summed E-state index contributed by atoms with van der Waals surface area (Å²) in [5, 5.41) is 3.51. The van der Waals surface area contributed by atoms with Crippen molar-refractivity contribution in [3.8, 4) is 0 Å². The van der Waals surface area contributed by atoms with E-state index in [1.807, 2.05) is 6.92 Å². The Labute approximate surface area is 172 Å². The van der Waals surface area contributed by atoms with E-state index >= 15 is 0 Å². The number of benzene rings is 2. The van der Waals surface area contributed by atoms with Gasteiger partial charge in [0.1, 0.15) is 0 Å². The normalized spacial score (nSPS) is 16.2. The minimum Gasteiger partial charge on any atom is -0.455 e. The maximum absolute atomic E-state index is 12.4. The summed E-state index contributed by atoms with van der Waals surface area (Å²) in [5.41, 5.74) is 1.87. The number of hydrogen-bond acceptors (Lipinski definition) is 4. The quantitative estimate of drug-likeness (QED) is 0.745. The molecule has 2 aromatic carbocycles. The van der Waals surface area contributed by atoms with Gasteiger partial charge in [0.15, 0.2) is 6.61 Å². The van der Waals surface area contributed by atoms with Crippen molar-refractivity contribution in [1.82, 2.24) is 0 Å². The largest absolute Gasteiger partial charge is 0.455 e. The second-order valence-corrected chi connectivity index (χ2v) is 7.24. The molecule has 0 spiro atoms. The highest BCUT2D eigenvalue weighted by Crippen LogP contribution is 2.31. The van der Waals surface area contributed by atoms with Crippen molar-refractivity contribution in [2.24, 2.45) is 5.92 Å². The van der Waals surface area contributed by atoms with E-state index in [2.05, 4.69) is 5.32 Å². The van der Waals surface area contributed by atoms with Gasteiger partial charge < -0.3 is 15.0 Å². The third-order valence-electron chi connectivity index (χ3n) is 4.48. The molecule has 8 heteroatoms. The van der Waals surface area contributed by atoms with Crippen LogP contribution in [0.1, 0.15) is 12.0 Å². The van der Waals surface area contributed by atoms with Crippen molar-refractivity contribution in [3.63, 3.8) is 0 Å². The fourth-order valence-electron chi connectivity index (χ4n) is 2.99. The number of ether oxygens (including phenoxy) is 1. The second-order valence-electron chi connectivity index (χ2n) is 6.43. The fourth-order valence-corrected chi connectivity index (χ4v) is 3.34. The highest BCUT2D eigenvalue weighted by atomic mass is 35.5. The first kappa shape index (κ1) is 20.2. The molecule has 3 rings (SSSR count). The Kier molecular flexibility index (Phi) is 6.21. The van der Waals surface area contributed by atoms with E-state index in [0.29, 0.717) is 21.4 Å². The fraction of sp³-hybridized carbons (Fsp3) is 0.250. The van der Waals surface area contributed by atoms with E-state index in [4.69, 9.17) is 27.9 Å². The summed E-state index contributed by atoms with van der Waals surface area (Å²) in [7, 11) is 0. The summed E-state index contributed by atoms with van der Waals surface area (Å²) >= 11 is 12.1. The molecule has 0 aromatic heterocycles. The van der Waals surface area contributed by atoms with Crippen molar-refractivity contribution in [1.29, 1.82) is 0 Å². The number of halogens is 2. The standard InChI is InChI=1S/C20H18Cl2N2O4/c1-12-14(21)6-4-8-17(12)24-10-13(9-19(24)26)20(27)28-11-18(25)23-16-7-3-2-5-15(16)22/h2-8,13H,9-11H2,1H3,(H,23,25)/t13-/m0/s1. The maximum Gasteiger partial charge on any atom is 0.311 e. The van der Waals surface area contributed by atoms with Gasteiger partial charge in [-0.15, -0.1) is 0 Å². The van der Waals surface area contributed by atoms with E-state index in [0.717, 1.165) is 5.56 Å². The molecular weight excluding hydrogens is 403 g/mol. The first-order valence-corrected chi connectivity index (χ1v) is 9.39. The Morgan fingerprint density at radius 3 is 2.61 bits per heavy atom. The van der Waals surface area contributed by atoms with Crippen molar-refractivity contribution >= 4 is 52.4 Å². The molecule has 6 nitrogen and oxygen atoms in total. The molecule has 0 radical (unpaired) electrons. The van der Waals surface area contributed by atoms with Crippen LogP contribution >= 0.6 is 23.2 Å². The van der Waals surface area contributed by atoms with Gasteiger partial charge in [-0.2, -0.15) is 0 Å². The Morgan fingerprint density at radius 1 is 1.14 bits per heavy atom. The van der Waals surface area contributed by atoms with E-state index in [1.54, 1.807) is 42.5 Å². The molecule has 1 heterocycles. The number of anilines is 2. The van der Waals surface area contributed by atoms with Gasteiger partial charge in [0.05, 0.1) is 16.6 Å². The molecule has 1 aliphatic rings. The number of carbonyl (C=O) groups is 3. The lowest BCUT2D eigenvalue weighted by Gasteiger charge is -2.19. The summed E-state index contributed by atoms with van der Waals surface area (Å²) in [4.78, 5) is 38.2. The highest BCUT2D eigenvalue weighted by Gasteiger charge is 2.37. The number of para-hydroxylation sites is 1. The van der Waals surface area contributed by atoms with Gasteiger partial charge in [-0.1, -0.05) is 41.4 Å². The molecule has 2 aromatic rings. The molecule has 1 N–H and O–H groups in total. The summed E-state index contributed by atoms with van der Waals surface area (Å²) in [6, 6.07) is 12.0. The van der Waals surface area contributed by atoms with Crippen LogP contribution in [0.3, 0.4) is 0 Å². The SMILES string of the molecule is Cc1c(Cl)cccc1N1C[C@@H](C(=O)OCC(=O)Nc2ccccc2Cl)CC1=O. The van der Waals surface area contributed by atoms with Crippen LogP contribution < -0.4 is 10.2 Å². The Balaban J connectivity index is 1.57. The number of carbonyl (C=O) groups excluding carboxylic acids is 3. The molecule has 0 bridgehead atoms. The summed E-state index contributed by atoms with van der Waals surface area (Å²) in [5.74, 6) is -1.93. The number of rotatable bonds is 5. The predicted octanol–water partition coefficient (Wildman–Crippen LogP) is 3.84. The number of esters is 1. The lowest BCUT2D eigenvalue weighted by Crippen LogP contribution is -2.28. The Hall–Kier alpha value is -2.57. The molecule has 0 unspecified atom stereocenters. The molecule has 2 amide bonds. The van der Waals surface area contributed by atoms with Crippen LogP contribution in [0.4, 0.5) is 11.4 Å². The predicted molar refractivity (Wildman–Crippen MR) is 108 cm³/mol. The van der Waals surface area contributed by atoms with Gasteiger partial charge in [0.25, 0.3) is 5.91 Å². The lowest BCUT2D eigenvalue weighted by atomic mass is 10.1. The summed E-state index contributed by atoms with van der Waals surface area (Å²) in [6.07, 6.45) is 0.0247. The molecule has 1 fully saturated rings. The topological polar surface area (TPSA) is 75.7 Å². The third kappa shape index (κ3) is 4.46. The van der Waals surface area contributed by atoms with Gasteiger partial charge >= 0.3 is 5.97 Å². The molecule has 1 atom stereocenters. The first-order valence-electron chi connectivity index (χ1n) is 8.63. The molecule has 146 valence electrons. The lowest BCUT2D eigenvalue weighted by molar-refractivity contribution is -0.151. The molecule has 28 heavy (non-hydrogen) atoms. The Bertz CT molecular complexity index is 932. The number of nitrogens with one attached hydrogen (secondary N) is 1. The molecule has 0 saturated carbocycles. The average Bonchev–Trinajstić information content (AvgIpc) is 3.05. The van der Waals surface area contributed by atoms with Crippen LogP contribution in [-0.4, -0.2) is 30.9 Å². The molecular formula is C20H18Cl2N2O4. The first-order chi connectivity index (χ1) is 13.4. The van der Waals surface area contributed by atoms with Crippen LogP contribution in [0.25, 0.3) is 0 Å². The van der Waals surface area contributed by atoms with Gasteiger partial charge in [-0.05, 0) is 36.8 Å². The van der Waals surface area contributed by atoms with E-state index in [-0.39, 0.29) is 18.9 Å². The van der Waals surface area contributed by atoms with Gasteiger partial charge in [-0.3, -0.25) is 14.4 Å². The van der Waals surface area contributed by atoms with Crippen LogP contribution in [0.15, 0.2) is 42.5 Å². The Morgan fingerprint density at radius 2 is 1.86 bits per heavy atom. The number of hydrogen-bond donors (Lipinski definition) is 1. The molecule has 0 aliphatic carbocycles. The van der Waals surface area contributed by atoms with Crippen LogP contribution in [0, 0.1) is 12.8 Å².